The molecule has 2 unspecified atom stereocenters. The van der Waals surface area contributed by atoms with E-state index >= 15 is 0 Å². The van der Waals surface area contributed by atoms with Gasteiger partial charge in [0.15, 0.2) is 11.5 Å². The predicted molar refractivity (Wildman–Crippen MR) is 77.8 cm³/mol. The lowest BCUT2D eigenvalue weighted by molar-refractivity contribution is 0.0673. The van der Waals surface area contributed by atoms with Gasteiger partial charge in [0.25, 0.3) is 5.91 Å². The van der Waals surface area contributed by atoms with Gasteiger partial charge < -0.3 is 19.7 Å². The Morgan fingerprint density at radius 3 is 2.55 bits per heavy atom. The molecule has 1 aromatic carbocycles. The predicted octanol–water partition coefficient (Wildman–Crippen LogP) is 1.66. The Bertz CT molecular complexity index is 499. The van der Waals surface area contributed by atoms with Crippen molar-refractivity contribution in [2.75, 3.05) is 19.9 Å². The summed E-state index contributed by atoms with van der Waals surface area (Å²) in [4.78, 5) is 14.4. The van der Waals surface area contributed by atoms with Gasteiger partial charge in [-0.3, -0.25) is 4.79 Å². The molecule has 1 fully saturated rings. The third-order valence-electron chi connectivity index (χ3n) is 3.46. The van der Waals surface area contributed by atoms with Crippen LogP contribution in [0.1, 0.15) is 24.2 Å². The zero-order chi connectivity index (χ0) is 13.4. The van der Waals surface area contributed by atoms with Crippen molar-refractivity contribution in [2.45, 2.75) is 25.9 Å². The van der Waals surface area contributed by atoms with E-state index in [1.165, 1.54) is 0 Å². The van der Waals surface area contributed by atoms with Crippen molar-refractivity contribution < 1.29 is 14.3 Å². The molecule has 6 heteroatoms. The molecule has 0 saturated carbocycles. The summed E-state index contributed by atoms with van der Waals surface area (Å²) < 4.78 is 10.6. The van der Waals surface area contributed by atoms with E-state index in [-0.39, 0.29) is 25.1 Å². The van der Waals surface area contributed by atoms with Crippen molar-refractivity contribution in [3.05, 3.63) is 23.8 Å². The van der Waals surface area contributed by atoms with Crippen molar-refractivity contribution in [1.29, 1.82) is 0 Å². The highest BCUT2D eigenvalue weighted by Crippen LogP contribution is 2.32. The molecule has 1 amide bonds. The molecule has 20 heavy (non-hydrogen) atoms. The van der Waals surface area contributed by atoms with Gasteiger partial charge in [-0.25, -0.2) is 0 Å². The highest BCUT2D eigenvalue weighted by molar-refractivity contribution is 5.95. The average molecular weight is 299 g/mol. The summed E-state index contributed by atoms with van der Waals surface area (Å²) in [5.41, 5.74) is 0.658. The Hall–Kier alpha value is -1.46. The first kappa shape index (κ1) is 14.9. The van der Waals surface area contributed by atoms with Gasteiger partial charge in [-0.2, -0.15) is 0 Å². The number of carbonyl (C=O) groups is 1. The summed E-state index contributed by atoms with van der Waals surface area (Å²) in [5.74, 6) is 1.42. The van der Waals surface area contributed by atoms with E-state index in [4.69, 9.17) is 9.47 Å². The Kier molecular flexibility index (Phi) is 4.40. The molecule has 0 spiro atoms. The van der Waals surface area contributed by atoms with Gasteiger partial charge in [-0.1, -0.05) is 0 Å². The summed E-state index contributed by atoms with van der Waals surface area (Å²) in [5, 5.41) is 3.42. The minimum atomic E-state index is 0. The number of nitrogens with one attached hydrogen (secondary N) is 1. The Labute approximate surface area is 124 Å². The van der Waals surface area contributed by atoms with Gasteiger partial charge >= 0.3 is 0 Å². The molecule has 2 atom stereocenters. The third kappa shape index (κ3) is 2.83. The van der Waals surface area contributed by atoms with Gasteiger partial charge in [-0.15, -0.1) is 12.4 Å². The minimum Gasteiger partial charge on any atom is -0.454 e. The standard InChI is InChI=1S/C14H18N2O3.ClH/c1-9-6-16(7-10(2)15-9)14(17)11-3-4-12-13(5-11)19-8-18-12;/h3-5,9-10,15H,6-8H2,1-2H3;1H. The normalized spacial score (nSPS) is 24.2. The molecule has 0 radical (unpaired) electrons. The molecule has 2 heterocycles. The lowest BCUT2D eigenvalue weighted by Crippen LogP contribution is -2.55. The minimum absolute atomic E-state index is 0. The highest BCUT2D eigenvalue weighted by Gasteiger charge is 2.26. The number of benzene rings is 1. The molecule has 110 valence electrons. The number of carbonyl (C=O) groups excluding carboxylic acids is 1. The maximum atomic E-state index is 12.5. The molecule has 5 nitrogen and oxygen atoms in total. The van der Waals surface area contributed by atoms with Crippen LogP contribution in [-0.4, -0.2) is 42.8 Å². The van der Waals surface area contributed by atoms with Gasteiger partial charge in [-0.05, 0) is 32.0 Å². The van der Waals surface area contributed by atoms with E-state index in [0.717, 1.165) is 13.1 Å². The molecule has 0 aromatic heterocycles. The maximum absolute atomic E-state index is 12.5. The first-order valence-electron chi connectivity index (χ1n) is 6.58. The van der Waals surface area contributed by atoms with Gasteiger partial charge in [0, 0.05) is 30.7 Å². The van der Waals surface area contributed by atoms with Crippen LogP contribution in [0.2, 0.25) is 0 Å². The number of nitrogens with zero attached hydrogens (tertiary/aromatic N) is 1. The molecule has 1 saturated heterocycles. The zero-order valence-electron chi connectivity index (χ0n) is 11.6. The molecule has 0 bridgehead atoms. The van der Waals surface area contributed by atoms with Crippen LogP contribution in [0.3, 0.4) is 0 Å². The largest absolute Gasteiger partial charge is 0.454 e. The van der Waals surface area contributed by atoms with Crippen molar-refractivity contribution in [3.8, 4) is 11.5 Å². The van der Waals surface area contributed by atoms with Crippen molar-refractivity contribution in [3.63, 3.8) is 0 Å². The second-order valence-corrected chi connectivity index (χ2v) is 5.25. The molecule has 1 aromatic rings. The van der Waals surface area contributed by atoms with Crippen LogP contribution in [0.5, 0.6) is 11.5 Å². The number of halogens is 1. The fraction of sp³-hybridized carbons (Fsp3) is 0.500. The maximum Gasteiger partial charge on any atom is 0.254 e. The summed E-state index contributed by atoms with van der Waals surface area (Å²) in [6.07, 6.45) is 0. The number of piperazine rings is 1. The molecule has 2 aliphatic heterocycles. The zero-order valence-corrected chi connectivity index (χ0v) is 12.4. The van der Waals surface area contributed by atoms with E-state index in [0.29, 0.717) is 29.1 Å². The van der Waals surface area contributed by atoms with E-state index in [9.17, 15) is 4.79 Å². The first-order chi connectivity index (χ1) is 9.13. The highest BCUT2D eigenvalue weighted by atomic mass is 35.5. The number of amides is 1. The van der Waals surface area contributed by atoms with E-state index in [1.54, 1.807) is 18.2 Å². The topological polar surface area (TPSA) is 50.8 Å². The average Bonchev–Trinajstić information content (AvgIpc) is 2.83. The number of fused-ring (bicyclic) bond motifs is 1. The molecular weight excluding hydrogens is 280 g/mol. The van der Waals surface area contributed by atoms with E-state index in [2.05, 4.69) is 19.2 Å². The smallest absolute Gasteiger partial charge is 0.254 e. The number of rotatable bonds is 1. The number of ether oxygens (including phenoxy) is 2. The van der Waals surface area contributed by atoms with Gasteiger partial charge in [0.05, 0.1) is 0 Å². The fourth-order valence-corrected chi connectivity index (χ4v) is 2.70. The Morgan fingerprint density at radius 2 is 1.85 bits per heavy atom. The molecule has 0 aliphatic carbocycles. The van der Waals surface area contributed by atoms with Crippen LogP contribution in [-0.2, 0) is 0 Å². The molecule has 2 aliphatic rings. The second-order valence-electron chi connectivity index (χ2n) is 5.25. The summed E-state index contributed by atoms with van der Waals surface area (Å²) in [7, 11) is 0. The van der Waals surface area contributed by atoms with Crippen molar-refractivity contribution in [1.82, 2.24) is 10.2 Å². The van der Waals surface area contributed by atoms with Gasteiger partial charge in [0.1, 0.15) is 0 Å². The lowest BCUT2D eigenvalue weighted by Gasteiger charge is -2.36. The third-order valence-corrected chi connectivity index (χ3v) is 3.46. The van der Waals surface area contributed by atoms with Crippen LogP contribution in [0, 0.1) is 0 Å². The van der Waals surface area contributed by atoms with Crippen LogP contribution in [0.4, 0.5) is 0 Å². The molecular formula is C14H19ClN2O3. The second kappa shape index (κ2) is 5.89. The van der Waals surface area contributed by atoms with Gasteiger partial charge in [0.2, 0.25) is 6.79 Å². The summed E-state index contributed by atoms with van der Waals surface area (Å²) in [6, 6.07) is 6.00. The van der Waals surface area contributed by atoms with Crippen LogP contribution in [0.25, 0.3) is 0 Å². The van der Waals surface area contributed by atoms with Crippen molar-refractivity contribution >= 4 is 18.3 Å². The van der Waals surface area contributed by atoms with E-state index < -0.39 is 0 Å². The first-order valence-corrected chi connectivity index (χ1v) is 6.58. The van der Waals surface area contributed by atoms with Crippen LogP contribution >= 0.6 is 12.4 Å². The monoisotopic (exact) mass is 298 g/mol. The van der Waals surface area contributed by atoms with E-state index in [1.807, 2.05) is 4.90 Å². The molecule has 1 N–H and O–H groups in total. The van der Waals surface area contributed by atoms with Crippen LogP contribution in [0.15, 0.2) is 18.2 Å². The quantitative estimate of drug-likeness (QED) is 0.857. The Morgan fingerprint density at radius 1 is 1.20 bits per heavy atom. The molecule has 3 rings (SSSR count). The summed E-state index contributed by atoms with van der Waals surface area (Å²) >= 11 is 0. The fourth-order valence-electron chi connectivity index (χ4n) is 2.70. The number of hydrogen-bond acceptors (Lipinski definition) is 4. The van der Waals surface area contributed by atoms with Crippen LogP contribution < -0.4 is 14.8 Å². The lowest BCUT2D eigenvalue weighted by atomic mass is 10.1. The number of hydrogen-bond donors (Lipinski definition) is 1. The summed E-state index contributed by atoms with van der Waals surface area (Å²) in [6.45, 7) is 5.88. The Balaban J connectivity index is 0.00000147. The van der Waals surface area contributed by atoms with Crippen molar-refractivity contribution in [2.24, 2.45) is 0 Å². The SMILES string of the molecule is CC1CN(C(=O)c2ccc3c(c2)OCO3)CC(C)N1.Cl.